The summed E-state index contributed by atoms with van der Waals surface area (Å²) in [5.74, 6) is -0.0750. The smallest absolute Gasteiger partial charge is 0.274 e. The van der Waals surface area contributed by atoms with Crippen LogP contribution in [0.4, 0.5) is 5.69 Å². The van der Waals surface area contributed by atoms with Gasteiger partial charge in [0.15, 0.2) is 0 Å². The van der Waals surface area contributed by atoms with Crippen molar-refractivity contribution in [2.75, 3.05) is 12.8 Å². The van der Waals surface area contributed by atoms with Gasteiger partial charge in [0.2, 0.25) is 0 Å². The summed E-state index contributed by atoms with van der Waals surface area (Å²) in [6, 6.07) is 0. The molecule has 102 valence electrons. The normalized spacial score (nSPS) is 11.7. The Morgan fingerprint density at radius 1 is 1.44 bits per heavy atom. The van der Waals surface area contributed by atoms with E-state index in [2.05, 4.69) is 12.0 Å². The van der Waals surface area contributed by atoms with Gasteiger partial charge >= 0.3 is 0 Å². The summed E-state index contributed by atoms with van der Waals surface area (Å²) in [6.45, 7) is 8.12. The number of carbonyl (C=O) groups is 1. The molecule has 0 spiro atoms. The molecule has 1 rings (SSSR count). The Hall–Kier alpha value is -1.52. The molecule has 0 saturated carbocycles. The molecule has 0 bridgehead atoms. The van der Waals surface area contributed by atoms with E-state index in [9.17, 15) is 4.79 Å². The minimum atomic E-state index is -0.194. The van der Waals surface area contributed by atoms with Crippen LogP contribution in [0.2, 0.25) is 0 Å². The average Bonchev–Trinajstić information content (AvgIpc) is 2.62. The summed E-state index contributed by atoms with van der Waals surface area (Å²) >= 11 is 0. The maximum Gasteiger partial charge on any atom is 0.274 e. The number of nitrogens with zero attached hydrogens (tertiary/aromatic N) is 3. The molecule has 0 aliphatic rings. The zero-order chi connectivity index (χ0) is 14.1. The summed E-state index contributed by atoms with van der Waals surface area (Å²) < 4.78 is 1.58. The van der Waals surface area contributed by atoms with Crippen LogP contribution in [-0.2, 0) is 13.5 Å². The van der Waals surface area contributed by atoms with Crippen molar-refractivity contribution in [3.8, 4) is 0 Å². The molecule has 18 heavy (non-hydrogen) atoms. The van der Waals surface area contributed by atoms with Gasteiger partial charge in [0.05, 0.1) is 11.4 Å². The van der Waals surface area contributed by atoms with Gasteiger partial charge in [-0.2, -0.15) is 5.10 Å². The van der Waals surface area contributed by atoms with Crippen LogP contribution in [0.15, 0.2) is 0 Å². The second-order valence-corrected chi connectivity index (χ2v) is 5.22. The van der Waals surface area contributed by atoms with Gasteiger partial charge in [-0.25, -0.2) is 0 Å². The minimum absolute atomic E-state index is 0.0750. The molecule has 1 heterocycles. The van der Waals surface area contributed by atoms with Crippen molar-refractivity contribution in [1.82, 2.24) is 14.7 Å². The van der Waals surface area contributed by atoms with Crippen LogP contribution in [0.3, 0.4) is 0 Å². The number of nitrogens with two attached hydrogens (primary N) is 1. The molecule has 1 amide bonds. The van der Waals surface area contributed by atoms with Gasteiger partial charge in [-0.3, -0.25) is 9.48 Å². The van der Waals surface area contributed by atoms with E-state index < -0.39 is 0 Å². The monoisotopic (exact) mass is 252 g/mol. The van der Waals surface area contributed by atoms with Gasteiger partial charge in [0, 0.05) is 19.6 Å². The van der Waals surface area contributed by atoms with Crippen molar-refractivity contribution in [3.05, 3.63) is 11.4 Å². The number of carbonyl (C=O) groups excluding carboxylic acids is 1. The topological polar surface area (TPSA) is 64.2 Å². The van der Waals surface area contributed by atoms with Crippen molar-refractivity contribution in [2.24, 2.45) is 7.05 Å². The molecule has 1 aromatic heterocycles. The molecule has 5 nitrogen and oxygen atoms in total. The van der Waals surface area contributed by atoms with Gasteiger partial charge in [0.1, 0.15) is 5.69 Å². The Bertz CT molecular complexity index is 448. The number of rotatable bonds is 4. The maximum absolute atomic E-state index is 12.5. The third-order valence-corrected chi connectivity index (χ3v) is 3.78. The summed E-state index contributed by atoms with van der Waals surface area (Å²) in [7, 11) is 3.57. The van der Waals surface area contributed by atoms with E-state index in [0.29, 0.717) is 11.4 Å². The summed E-state index contributed by atoms with van der Waals surface area (Å²) in [6.07, 6.45) is 1.61. The summed E-state index contributed by atoms with van der Waals surface area (Å²) in [5, 5.41) is 4.28. The molecule has 2 N–H and O–H groups in total. The van der Waals surface area contributed by atoms with Gasteiger partial charge in [-0.1, -0.05) is 13.8 Å². The second kappa shape index (κ2) is 5.00. The number of aromatic nitrogens is 2. The van der Waals surface area contributed by atoms with Crippen LogP contribution in [0, 0.1) is 0 Å². The number of anilines is 1. The van der Waals surface area contributed by atoms with Gasteiger partial charge in [-0.15, -0.1) is 0 Å². The third-order valence-electron chi connectivity index (χ3n) is 3.78. The number of hydrogen-bond acceptors (Lipinski definition) is 3. The molecule has 0 aliphatic carbocycles. The summed E-state index contributed by atoms with van der Waals surface area (Å²) in [4.78, 5) is 14.2. The van der Waals surface area contributed by atoms with Crippen LogP contribution in [0.5, 0.6) is 0 Å². The van der Waals surface area contributed by atoms with E-state index in [0.717, 1.165) is 18.5 Å². The lowest BCUT2D eigenvalue weighted by Crippen LogP contribution is -2.45. The number of nitrogen functional groups attached to an aromatic ring is 1. The summed E-state index contributed by atoms with van der Waals surface area (Å²) in [5.41, 5.74) is 7.58. The molecule has 0 fully saturated rings. The van der Waals surface area contributed by atoms with Gasteiger partial charge in [0.25, 0.3) is 5.91 Å². The SMILES string of the molecule is CCc1nn(C)c(C(=O)N(C)C(C)(C)CC)c1N. The molecule has 0 radical (unpaired) electrons. The van der Waals surface area contributed by atoms with E-state index in [-0.39, 0.29) is 11.4 Å². The zero-order valence-electron chi connectivity index (χ0n) is 12.2. The van der Waals surface area contributed by atoms with E-state index in [1.54, 1.807) is 16.6 Å². The molecule has 0 saturated heterocycles. The fraction of sp³-hybridized carbons (Fsp3) is 0.692. The molecular formula is C13H24N4O. The third kappa shape index (κ3) is 2.35. The average molecular weight is 252 g/mol. The highest BCUT2D eigenvalue weighted by atomic mass is 16.2. The van der Waals surface area contributed by atoms with Crippen LogP contribution in [-0.4, -0.2) is 33.2 Å². The number of aryl methyl sites for hydroxylation is 2. The first kappa shape index (κ1) is 14.5. The molecule has 0 aliphatic heterocycles. The quantitative estimate of drug-likeness (QED) is 0.889. The van der Waals surface area contributed by atoms with E-state index >= 15 is 0 Å². The van der Waals surface area contributed by atoms with Gasteiger partial charge < -0.3 is 10.6 Å². The van der Waals surface area contributed by atoms with Crippen LogP contribution in [0.25, 0.3) is 0 Å². The van der Waals surface area contributed by atoms with Crippen LogP contribution >= 0.6 is 0 Å². The van der Waals surface area contributed by atoms with E-state index in [1.165, 1.54) is 0 Å². The molecule has 5 heteroatoms. The maximum atomic E-state index is 12.5. The molecular weight excluding hydrogens is 228 g/mol. The molecule has 1 aromatic rings. The van der Waals surface area contributed by atoms with Crippen molar-refractivity contribution < 1.29 is 4.79 Å². The Morgan fingerprint density at radius 3 is 2.39 bits per heavy atom. The largest absolute Gasteiger partial charge is 0.395 e. The number of hydrogen-bond donors (Lipinski definition) is 1. The number of amides is 1. The van der Waals surface area contributed by atoms with Crippen molar-refractivity contribution in [2.45, 2.75) is 46.1 Å². The highest BCUT2D eigenvalue weighted by Gasteiger charge is 2.30. The first-order valence-corrected chi connectivity index (χ1v) is 6.35. The minimum Gasteiger partial charge on any atom is -0.395 e. The van der Waals surface area contributed by atoms with E-state index in [4.69, 9.17) is 5.73 Å². The lowest BCUT2D eigenvalue weighted by molar-refractivity contribution is 0.0610. The lowest BCUT2D eigenvalue weighted by Gasteiger charge is -2.34. The molecule has 0 unspecified atom stereocenters. The van der Waals surface area contributed by atoms with Crippen LogP contribution in [0.1, 0.15) is 50.3 Å². The fourth-order valence-corrected chi connectivity index (χ4v) is 1.78. The van der Waals surface area contributed by atoms with Crippen LogP contribution < -0.4 is 5.73 Å². The first-order chi connectivity index (χ1) is 8.26. The standard InChI is InChI=1S/C13H24N4O/c1-7-9-10(14)11(17(6)15-9)12(18)16(5)13(3,4)8-2/h7-8,14H2,1-6H3. The predicted molar refractivity (Wildman–Crippen MR) is 73.5 cm³/mol. The predicted octanol–water partition coefficient (Wildman–Crippen LogP) is 1.83. The van der Waals surface area contributed by atoms with Crippen molar-refractivity contribution in [3.63, 3.8) is 0 Å². The Morgan fingerprint density at radius 2 is 2.00 bits per heavy atom. The highest BCUT2D eigenvalue weighted by molar-refractivity contribution is 5.98. The lowest BCUT2D eigenvalue weighted by atomic mass is 9.99. The zero-order valence-corrected chi connectivity index (χ0v) is 12.2. The molecule has 0 atom stereocenters. The fourth-order valence-electron chi connectivity index (χ4n) is 1.78. The van der Waals surface area contributed by atoms with Gasteiger partial charge in [-0.05, 0) is 26.7 Å². The Balaban J connectivity index is 3.16. The van der Waals surface area contributed by atoms with Crippen molar-refractivity contribution in [1.29, 1.82) is 0 Å². The second-order valence-electron chi connectivity index (χ2n) is 5.22. The highest BCUT2D eigenvalue weighted by Crippen LogP contribution is 2.23. The van der Waals surface area contributed by atoms with Crippen molar-refractivity contribution >= 4 is 11.6 Å². The Kier molecular flexibility index (Phi) is 4.04. The molecule has 0 aromatic carbocycles. The first-order valence-electron chi connectivity index (χ1n) is 6.35. The van der Waals surface area contributed by atoms with E-state index in [1.807, 2.05) is 27.8 Å². The Labute approximate surface area is 109 Å².